The molecule has 1 aliphatic rings. The molecule has 6 heteroatoms. The number of benzene rings is 1. The molecule has 3 rings (SSSR count). The molecule has 2 amide bonds. The largest absolute Gasteiger partial charge is 0.335 e. The van der Waals surface area contributed by atoms with Crippen molar-refractivity contribution < 1.29 is 4.79 Å². The van der Waals surface area contributed by atoms with Gasteiger partial charge in [-0.2, -0.15) is 5.10 Å². The lowest BCUT2D eigenvalue weighted by Crippen LogP contribution is -2.36. The number of carbonyl (C=O) groups is 1. The molecule has 1 aliphatic carbocycles. The van der Waals surface area contributed by atoms with E-state index >= 15 is 0 Å². The van der Waals surface area contributed by atoms with Gasteiger partial charge in [-0.3, -0.25) is 0 Å². The maximum Gasteiger partial charge on any atom is 0.319 e. The summed E-state index contributed by atoms with van der Waals surface area (Å²) in [5.41, 5.74) is 1.91. The lowest BCUT2D eigenvalue weighted by atomic mass is 10.2. The Balaban J connectivity index is 1.52. The maximum atomic E-state index is 11.9. The van der Waals surface area contributed by atoms with Crippen LogP contribution in [0, 0.1) is 0 Å². The van der Waals surface area contributed by atoms with Crippen molar-refractivity contribution in [2.45, 2.75) is 38.3 Å². The van der Waals surface area contributed by atoms with Gasteiger partial charge in [-0.1, -0.05) is 25.0 Å². The summed E-state index contributed by atoms with van der Waals surface area (Å²) >= 11 is 0. The lowest BCUT2D eigenvalue weighted by Gasteiger charge is -2.13. The molecular weight excluding hydrogens is 266 g/mol. The molecule has 0 saturated heterocycles. The van der Waals surface area contributed by atoms with Crippen molar-refractivity contribution in [3.05, 3.63) is 42.5 Å². The fourth-order valence-electron chi connectivity index (χ4n) is 2.62. The number of nitrogens with one attached hydrogen (secondary N) is 2. The maximum absolute atomic E-state index is 11.9. The average Bonchev–Trinajstić information content (AvgIpc) is 3.14. The van der Waals surface area contributed by atoms with Crippen LogP contribution < -0.4 is 10.6 Å². The molecule has 0 atom stereocenters. The molecule has 1 aromatic carbocycles. The summed E-state index contributed by atoms with van der Waals surface area (Å²) in [4.78, 5) is 15.8. The van der Waals surface area contributed by atoms with Gasteiger partial charge in [0, 0.05) is 11.7 Å². The first kappa shape index (κ1) is 13.6. The molecule has 0 aliphatic heterocycles. The minimum absolute atomic E-state index is 0.120. The van der Waals surface area contributed by atoms with E-state index in [0.29, 0.717) is 12.6 Å². The van der Waals surface area contributed by atoms with Crippen LogP contribution in [0.25, 0.3) is 0 Å². The second kappa shape index (κ2) is 6.39. The molecule has 110 valence electrons. The zero-order valence-electron chi connectivity index (χ0n) is 11.8. The van der Waals surface area contributed by atoms with E-state index in [1.165, 1.54) is 19.2 Å². The molecule has 0 spiro atoms. The first-order chi connectivity index (χ1) is 10.3. The highest BCUT2D eigenvalue weighted by Gasteiger charge is 2.16. The zero-order chi connectivity index (χ0) is 14.5. The van der Waals surface area contributed by atoms with Crippen LogP contribution in [-0.2, 0) is 6.54 Å². The second-order valence-corrected chi connectivity index (χ2v) is 5.37. The number of amides is 2. The smallest absolute Gasteiger partial charge is 0.319 e. The molecular formula is C15H19N5O. The third-order valence-corrected chi connectivity index (χ3v) is 3.71. The third-order valence-electron chi connectivity index (χ3n) is 3.71. The predicted molar refractivity (Wildman–Crippen MR) is 80.0 cm³/mol. The van der Waals surface area contributed by atoms with Crippen molar-refractivity contribution in [1.29, 1.82) is 0 Å². The monoisotopic (exact) mass is 285 g/mol. The molecule has 0 radical (unpaired) electrons. The van der Waals surface area contributed by atoms with E-state index in [1.807, 2.05) is 24.3 Å². The number of aromatic nitrogens is 3. The lowest BCUT2D eigenvalue weighted by molar-refractivity contribution is 0.248. The van der Waals surface area contributed by atoms with Crippen molar-refractivity contribution in [1.82, 2.24) is 20.1 Å². The van der Waals surface area contributed by atoms with Crippen molar-refractivity contribution in [2.24, 2.45) is 0 Å². The highest BCUT2D eigenvalue weighted by Crippen LogP contribution is 2.18. The van der Waals surface area contributed by atoms with Crippen molar-refractivity contribution in [3.8, 4) is 0 Å². The van der Waals surface area contributed by atoms with Crippen LogP contribution in [0.1, 0.15) is 31.2 Å². The Morgan fingerprint density at radius 3 is 2.67 bits per heavy atom. The van der Waals surface area contributed by atoms with Crippen molar-refractivity contribution in [3.63, 3.8) is 0 Å². The molecule has 1 fully saturated rings. The first-order valence-corrected chi connectivity index (χ1v) is 7.28. The van der Waals surface area contributed by atoms with Crippen LogP contribution in [0.4, 0.5) is 10.5 Å². The number of urea groups is 1. The number of anilines is 1. The SMILES string of the molecule is O=C(Nc1ccc(Cn2cncn2)cc1)NC1CCCC1. The Morgan fingerprint density at radius 1 is 1.24 bits per heavy atom. The summed E-state index contributed by atoms with van der Waals surface area (Å²) in [6.45, 7) is 0.675. The van der Waals surface area contributed by atoms with Crippen molar-refractivity contribution >= 4 is 11.7 Å². The fraction of sp³-hybridized carbons (Fsp3) is 0.400. The number of rotatable bonds is 4. The van der Waals surface area contributed by atoms with E-state index in [9.17, 15) is 4.79 Å². The van der Waals surface area contributed by atoms with E-state index in [4.69, 9.17) is 0 Å². The normalized spacial score (nSPS) is 15.0. The van der Waals surface area contributed by atoms with E-state index in [-0.39, 0.29) is 6.03 Å². The van der Waals surface area contributed by atoms with Crippen LogP contribution in [-0.4, -0.2) is 26.8 Å². The zero-order valence-corrected chi connectivity index (χ0v) is 11.8. The van der Waals surface area contributed by atoms with Crippen molar-refractivity contribution in [2.75, 3.05) is 5.32 Å². The van der Waals surface area contributed by atoms with Crippen LogP contribution in [0.3, 0.4) is 0 Å². The number of hydrogen-bond donors (Lipinski definition) is 2. The van der Waals surface area contributed by atoms with Gasteiger partial charge in [0.15, 0.2) is 0 Å². The Kier molecular flexibility index (Phi) is 4.14. The average molecular weight is 285 g/mol. The summed E-state index contributed by atoms with van der Waals surface area (Å²) in [5.74, 6) is 0. The Morgan fingerprint density at radius 2 is 2.00 bits per heavy atom. The molecule has 21 heavy (non-hydrogen) atoms. The standard InChI is InChI=1S/C15H19N5O/c21-15(18-13-3-1-2-4-13)19-14-7-5-12(6-8-14)9-20-11-16-10-17-20/h5-8,10-11,13H,1-4,9H2,(H2,18,19,21). The number of carbonyl (C=O) groups excluding carboxylic acids is 1. The molecule has 6 nitrogen and oxygen atoms in total. The van der Waals surface area contributed by atoms with Gasteiger partial charge in [0.25, 0.3) is 0 Å². The molecule has 2 N–H and O–H groups in total. The van der Waals surface area contributed by atoms with Crippen LogP contribution in [0.2, 0.25) is 0 Å². The summed E-state index contributed by atoms with van der Waals surface area (Å²) in [6, 6.07) is 7.98. The fourth-order valence-corrected chi connectivity index (χ4v) is 2.62. The summed E-state index contributed by atoms with van der Waals surface area (Å²) < 4.78 is 1.76. The van der Waals surface area contributed by atoms with Gasteiger partial charge in [0.1, 0.15) is 12.7 Å². The minimum Gasteiger partial charge on any atom is -0.335 e. The third kappa shape index (κ3) is 3.81. The van der Waals surface area contributed by atoms with Gasteiger partial charge in [0.05, 0.1) is 6.54 Å². The van der Waals surface area contributed by atoms with E-state index in [1.54, 1.807) is 11.0 Å². The first-order valence-electron chi connectivity index (χ1n) is 7.28. The van der Waals surface area contributed by atoms with Crippen LogP contribution in [0.15, 0.2) is 36.9 Å². The van der Waals surface area contributed by atoms with Gasteiger partial charge in [-0.15, -0.1) is 0 Å². The number of hydrogen-bond acceptors (Lipinski definition) is 3. The Labute approximate surface area is 123 Å². The van der Waals surface area contributed by atoms with E-state index in [0.717, 1.165) is 24.1 Å². The molecule has 0 bridgehead atoms. The summed E-state index contributed by atoms with van der Waals surface area (Å²) in [7, 11) is 0. The molecule has 1 aromatic heterocycles. The second-order valence-electron chi connectivity index (χ2n) is 5.37. The highest BCUT2D eigenvalue weighted by atomic mass is 16.2. The summed E-state index contributed by atoms with van der Waals surface area (Å²) in [6.07, 6.45) is 7.79. The van der Waals surface area contributed by atoms with Gasteiger partial charge in [0.2, 0.25) is 0 Å². The Bertz CT molecular complexity index is 573. The Hall–Kier alpha value is -2.37. The predicted octanol–water partition coefficient (Wildman–Crippen LogP) is 2.39. The van der Waals surface area contributed by atoms with E-state index in [2.05, 4.69) is 20.7 Å². The van der Waals surface area contributed by atoms with Gasteiger partial charge in [-0.25, -0.2) is 14.5 Å². The van der Waals surface area contributed by atoms with Gasteiger partial charge < -0.3 is 10.6 Å². The van der Waals surface area contributed by atoms with Gasteiger partial charge in [-0.05, 0) is 30.5 Å². The highest BCUT2D eigenvalue weighted by molar-refractivity contribution is 5.89. The molecule has 2 aromatic rings. The van der Waals surface area contributed by atoms with Crippen LogP contribution >= 0.6 is 0 Å². The minimum atomic E-state index is -0.120. The quantitative estimate of drug-likeness (QED) is 0.906. The number of nitrogens with zero attached hydrogens (tertiary/aromatic N) is 3. The van der Waals surface area contributed by atoms with Crippen LogP contribution in [0.5, 0.6) is 0 Å². The molecule has 0 unspecified atom stereocenters. The van der Waals surface area contributed by atoms with Gasteiger partial charge >= 0.3 is 6.03 Å². The topological polar surface area (TPSA) is 71.8 Å². The summed E-state index contributed by atoms with van der Waals surface area (Å²) in [5, 5.41) is 9.94. The van der Waals surface area contributed by atoms with E-state index < -0.39 is 0 Å². The molecule has 1 heterocycles. The molecule has 1 saturated carbocycles.